The van der Waals surface area contributed by atoms with Crippen molar-refractivity contribution in [2.75, 3.05) is 0 Å². The Kier molecular flexibility index (Phi) is 3.50. The first-order valence-electron chi connectivity index (χ1n) is 7.05. The summed E-state index contributed by atoms with van der Waals surface area (Å²) >= 11 is 6.29. The lowest BCUT2D eigenvalue weighted by atomic mass is 9.94. The van der Waals surface area contributed by atoms with Crippen molar-refractivity contribution in [1.29, 1.82) is 0 Å². The Labute approximate surface area is 118 Å². The van der Waals surface area contributed by atoms with Crippen LogP contribution in [0, 0.1) is 0 Å². The Bertz CT molecular complexity index is 590. The van der Waals surface area contributed by atoms with E-state index in [1.165, 1.54) is 19.3 Å². The van der Waals surface area contributed by atoms with Gasteiger partial charge < -0.3 is 10.3 Å². The van der Waals surface area contributed by atoms with Crippen molar-refractivity contribution >= 4 is 22.6 Å². The van der Waals surface area contributed by atoms with Crippen LogP contribution in [0.2, 0.25) is 5.02 Å². The van der Waals surface area contributed by atoms with Crippen LogP contribution in [0.3, 0.4) is 0 Å². The molecule has 1 saturated carbocycles. The van der Waals surface area contributed by atoms with Crippen molar-refractivity contribution < 1.29 is 0 Å². The zero-order valence-corrected chi connectivity index (χ0v) is 12.0. The first kappa shape index (κ1) is 12.9. The molecule has 1 aliphatic carbocycles. The predicted molar refractivity (Wildman–Crippen MR) is 79.5 cm³/mol. The zero-order valence-electron chi connectivity index (χ0n) is 11.3. The highest BCUT2D eigenvalue weighted by molar-refractivity contribution is 6.35. The standard InChI is InChI=1S/C15H20ClN3/c1-19-14-11(16)7-5-9-13(14)18-15(19)10-6-3-2-4-8-12(10)17/h5,7,9-10,12H,2-4,6,8,17H2,1H3. The van der Waals surface area contributed by atoms with Gasteiger partial charge in [0.1, 0.15) is 5.82 Å². The molecule has 3 nitrogen and oxygen atoms in total. The number of imidazole rings is 1. The van der Waals surface area contributed by atoms with E-state index in [4.69, 9.17) is 22.3 Å². The molecule has 2 atom stereocenters. The average Bonchev–Trinajstić information content (AvgIpc) is 2.58. The highest BCUT2D eigenvalue weighted by Crippen LogP contribution is 2.33. The third-order valence-electron chi connectivity index (χ3n) is 4.28. The van der Waals surface area contributed by atoms with Gasteiger partial charge in [-0.25, -0.2) is 4.98 Å². The lowest BCUT2D eigenvalue weighted by Crippen LogP contribution is -2.29. The number of halogens is 1. The van der Waals surface area contributed by atoms with Crippen LogP contribution in [0.1, 0.15) is 43.8 Å². The van der Waals surface area contributed by atoms with Gasteiger partial charge in [0.2, 0.25) is 0 Å². The fourth-order valence-electron chi connectivity index (χ4n) is 3.23. The van der Waals surface area contributed by atoms with E-state index >= 15 is 0 Å². The van der Waals surface area contributed by atoms with Crippen LogP contribution in [-0.2, 0) is 7.05 Å². The van der Waals surface area contributed by atoms with E-state index in [1.807, 2.05) is 25.2 Å². The second kappa shape index (κ2) is 5.14. The fraction of sp³-hybridized carbons (Fsp3) is 0.533. The minimum Gasteiger partial charge on any atom is -0.330 e. The van der Waals surface area contributed by atoms with Crippen molar-refractivity contribution in [1.82, 2.24) is 9.55 Å². The van der Waals surface area contributed by atoms with E-state index in [1.54, 1.807) is 0 Å². The number of nitrogens with two attached hydrogens (primary N) is 1. The largest absolute Gasteiger partial charge is 0.330 e. The fourth-order valence-corrected chi connectivity index (χ4v) is 3.52. The summed E-state index contributed by atoms with van der Waals surface area (Å²) in [4.78, 5) is 4.79. The summed E-state index contributed by atoms with van der Waals surface area (Å²) in [5.74, 6) is 1.45. The topological polar surface area (TPSA) is 43.8 Å². The SMILES string of the molecule is Cn1c(C2CCCCCC2N)nc2cccc(Cl)c21. The van der Waals surface area contributed by atoms with Crippen LogP contribution in [0.15, 0.2) is 18.2 Å². The van der Waals surface area contributed by atoms with E-state index in [-0.39, 0.29) is 6.04 Å². The quantitative estimate of drug-likeness (QED) is 0.810. The summed E-state index contributed by atoms with van der Waals surface area (Å²) < 4.78 is 2.13. The van der Waals surface area contributed by atoms with Gasteiger partial charge in [-0.3, -0.25) is 0 Å². The number of aromatic nitrogens is 2. The number of benzene rings is 1. The van der Waals surface area contributed by atoms with Crippen LogP contribution >= 0.6 is 11.6 Å². The normalized spacial score (nSPS) is 24.6. The lowest BCUT2D eigenvalue weighted by molar-refractivity contribution is 0.474. The Balaban J connectivity index is 2.09. The van der Waals surface area contributed by atoms with Gasteiger partial charge in [0, 0.05) is 19.0 Å². The molecule has 2 aromatic rings. The first-order chi connectivity index (χ1) is 9.18. The molecule has 102 valence electrons. The van der Waals surface area contributed by atoms with Crippen LogP contribution < -0.4 is 5.73 Å². The maximum absolute atomic E-state index is 6.35. The molecule has 1 aromatic heterocycles. The summed E-state index contributed by atoms with van der Waals surface area (Å²) in [6.45, 7) is 0. The minimum atomic E-state index is 0.219. The van der Waals surface area contributed by atoms with Crippen molar-refractivity contribution in [2.24, 2.45) is 12.8 Å². The predicted octanol–water partition coefficient (Wildman–Crippen LogP) is 3.60. The lowest BCUT2D eigenvalue weighted by Gasteiger charge is -2.20. The molecule has 0 radical (unpaired) electrons. The molecule has 0 saturated heterocycles. The van der Waals surface area contributed by atoms with E-state index in [9.17, 15) is 0 Å². The number of nitrogens with zero attached hydrogens (tertiary/aromatic N) is 2. The summed E-state index contributed by atoms with van der Waals surface area (Å²) in [6, 6.07) is 6.11. The van der Waals surface area contributed by atoms with Crippen molar-refractivity contribution in [2.45, 2.75) is 44.1 Å². The van der Waals surface area contributed by atoms with Gasteiger partial charge in [0.25, 0.3) is 0 Å². The Morgan fingerprint density at radius 1 is 1.26 bits per heavy atom. The monoisotopic (exact) mass is 277 g/mol. The summed E-state index contributed by atoms with van der Waals surface area (Å²) in [6.07, 6.45) is 6.00. The third kappa shape index (κ3) is 2.26. The Morgan fingerprint density at radius 3 is 2.84 bits per heavy atom. The van der Waals surface area contributed by atoms with E-state index in [2.05, 4.69) is 4.57 Å². The van der Waals surface area contributed by atoms with Gasteiger partial charge in [-0.2, -0.15) is 0 Å². The molecule has 1 heterocycles. The molecule has 1 aromatic carbocycles. The molecule has 0 bridgehead atoms. The maximum atomic E-state index is 6.35. The minimum absolute atomic E-state index is 0.219. The third-order valence-corrected chi connectivity index (χ3v) is 4.59. The Hall–Kier alpha value is -1.06. The van der Waals surface area contributed by atoms with E-state index < -0.39 is 0 Å². The second-order valence-corrected chi connectivity index (χ2v) is 5.95. The first-order valence-corrected chi connectivity index (χ1v) is 7.42. The highest BCUT2D eigenvalue weighted by Gasteiger charge is 2.26. The van der Waals surface area contributed by atoms with Gasteiger partial charge in [-0.15, -0.1) is 0 Å². The van der Waals surface area contributed by atoms with Crippen LogP contribution in [0.4, 0.5) is 0 Å². The molecule has 1 fully saturated rings. The molecule has 1 aliphatic rings. The highest BCUT2D eigenvalue weighted by atomic mass is 35.5. The maximum Gasteiger partial charge on any atom is 0.114 e. The number of para-hydroxylation sites is 1. The van der Waals surface area contributed by atoms with Crippen molar-refractivity contribution in [3.63, 3.8) is 0 Å². The van der Waals surface area contributed by atoms with Gasteiger partial charge in [-0.1, -0.05) is 36.9 Å². The van der Waals surface area contributed by atoms with Crippen LogP contribution in [0.25, 0.3) is 11.0 Å². The van der Waals surface area contributed by atoms with Gasteiger partial charge in [0.15, 0.2) is 0 Å². The number of fused-ring (bicyclic) bond motifs is 1. The molecule has 3 rings (SSSR count). The van der Waals surface area contributed by atoms with Crippen molar-refractivity contribution in [3.8, 4) is 0 Å². The molecule has 19 heavy (non-hydrogen) atoms. The molecule has 0 spiro atoms. The molecule has 4 heteroatoms. The summed E-state index contributed by atoms with van der Waals surface area (Å²) in [5, 5.41) is 0.765. The molecule has 0 amide bonds. The molecule has 2 unspecified atom stereocenters. The molecule has 2 N–H and O–H groups in total. The van der Waals surface area contributed by atoms with Crippen LogP contribution in [0.5, 0.6) is 0 Å². The number of rotatable bonds is 1. The zero-order chi connectivity index (χ0) is 13.4. The van der Waals surface area contributed by atoms with E-state index in [0.29, 0.717) is 5.92 Å². The number of hydrogen-bond acceptors (Lipinski definition) is 2. The van der Waals surface area contributed by atoms with E-state index in [0.717, 1.165) is 34.7 Å². The van der Waals surface area contributed by atoms with Crippen molar-refractivity contribution in [3.05, 3.63) is 29.0 Å². The number of aryl methyl sites for hydroxylation is 1. The summed E-state index contributed by atoms with van der Waals surface area (Å²) in [7, 11) is 2.05. The second-order valence-electron chi connectivity index (χ2n) is 5.54. The smallest absolute Gasteiger partial charge is 0.114 e. The van der Waals surface area contributed by atoms with Gasteiger partial charge in [0.05, 0.1) is 16.1 Å². The van der Waals surface area contributed by atoms with Gasteiger partial charge in [-0.05, 0) is 25.0 Å². The Morgan fingerprint density at radius 2 is 2.05 bits per heavy atom. The summed E-state index contributed by atoms with van der Waals surface area (Å²) in [5.41, 5.74) is 8.35. The molecular weight excluding hydrogens is 258 g/mol. The van der Waals surface area contributed by atoms with Crippen LogP contribution in [-0.4, -0.2) is 15.6 Å². The van der Waals surface area contributed by atoms with Gasteiger partial charge >= 0.3 is 0 Å². The molecular formula is C15H20ClN3. The average molecular weight is 278 g/mol. The number of hydrogen-bond donors (Lipinski definition) is 1. The molecule has 0 aliphatic heterocycles.